The van der Waals surface area contributed by atoms with Gasteiger partial charge in [0.1, 0.15) is 12.4 Å². The fourth-order valence-electron chi connectivity index (χ4n) is 3.70. The Morgan fingerprint density at radius 1 is 1.06 bits per heavy atom. The molecule has 0 atom stereocenters. The Balaban J connectivity index is 1.42. The van der Waals surface area contributed by atoms with Gasteiger partial charge in [-0.1, -0.05) is 42.5 Å². The van der Waals surface area contributed by atoms with E-state index >= 15 is 0 Å². The van der Waals surface area contributed by atoms with Crippen LogP contribution in [0.5, 0.6) is 0 Å². The minimum atomic E-state index is -0.309. The van der Waals surface area contributed by atoms with Gasteiger partial charge in [0.25, 0.3) is 5.56 Å². The molecule has 158 valence electrons. The van der Waals surface area contributed by atoms with Gasteiger partial charge in [0.05, 0.1) is 22.9 Å². The number of carbonyl (C=O) groups excluding carboxylic acids is 1. The Morgan fingerprint density at radius 2 is 1.81 bits per heavy atom. The lowest BCUT2D eigenvalue weighted by Crippen LogP contribution is -2.33. The van der Waals surface area contributed by atoms with Crippen LogP contribution < -0.4 is 10.9 Å². The van der Waals surface area contributed by atoms with Crippen molar-refractivity contribution in [2.45, 2.75) is 32.9 Å². The molecule has 4 aromatic rings. The van der Waals surface area contributed by atoms with E-state index in [1.807, 2.05) is 48.5 Å². The zero-order valence-electron chi connectivity index (χ0n) is 17.7. The fraction of sp³-hybridized carbons (Fsp3) is 0.250. The van der Waals surface area contributed by atoms with E-state index in [4.69, 9.17) is 4.98 Å². The number of benzene rings is 2. The highest BCUT2D eigenvalue weighted by atomic mass is 16.2. The molecule has 0 radical (unpaired) electrons. The summed E-state index contributed by atoms with van der Waals surface area (Å²) in [5.74, 6) is 0.712. The first-order chi connectivity index (χ1) is 15.0. The third kappa shape index (κ3) is 4.55. The number of amides is 1. The highest BCUT2D eigenvalue weighted by Gasteiger charge is 2.13. The molecule has 2 aromatic heterocycles. The van der Waals surface area contributed by atoms with Crippen LogP contribution in [0.4, 0.5) is 0 Å². The summed E-state index contributed by atoms with van der Waals surface area (Å²) in [7, 11) is 0. The molecule has 0 saturated carbocycles. The number of imidazole rings is 1. The summed E-state index contributed by atoms with van der Waals surface area (Å²) in [6.45, 7) is 4.63. The van der Waals surface area contributed by atoms with Crippen LogP contribution in [0.3, 0.4) is 0 Å². The quantitative estimate of drug-likeness (QED) is 0.503. The van der Waals surface area contributed by atoms with Crippen LogP contribution in [0.25, 0.3) is 22.3 Å². The molecule has 0 bridgehead atoms. The van der Waals surface area contributed by atoms with Crippen molar-refractivity contribution in [1.82, 2.24) is 24.4 Å². The predicted molar refractivity (Wildman–Crippen MR) is 121 cm³/mol. The number of aromatic nitrogens is 4. The molecule has 1 amide bonds. The second-order valence-electron chi connectivity index (χ2n) is 7.69. The lowest BCUT2D eigenvalue weighted by Gasteiger charge is -2.13. The average molecular weight is 415 g/mol. The number of para-hydroxylation sites is 2. The fourth-order valence-corrected chi connectivity index (χ4v) is 3.70. The molecular formula is C24H25N5O2. The number of fused-ring (bicyclic) bond motifs is 1. The maximum Gasteiger partial charge on any atom is 0.269 e. The minimum absolute atomic E-state index is 0.0538. The van der Waals surface area contributed by atoms with Gasteiger partial charge in [-0.15, -0.1) is 0 Å². The van der Waals surface area contributed by atoms with Crippen molar-refractivity contribution in [2.75, 3.05) is 6.54 Å². The van der Waals surface area contributed by atoms with Crippen LogP contribution in [0, 0.1) is 0 Å². The molecule has 2 aromatic carbocycles. The van der Waals surface area contributed by atoms with Crippen LogP contribution >= 0.6 is 0 Å². The first-order valence-corrected chi connectivity index (χ1v) is 10.4. The third-order valence-corrected chi connectivity index (χ3v) is 5.11. The lowest BCUT2D eigenvalue weighted by atomic mass is 10.2. The SMILES string of the molecule is CC(C)n1c(CCNC(=O)Cn2cc(-c3ccccc3)ncc2=O)nc2ccccc21. The van der Waals surface area contributed by atoms with Crippen molar-refractivity contribution in [3.05, 3.63) is 83.2 Å². The van der Waals surface area contributed by atoms with Crippen molar-refractivity contribution < 1.29 is 4.79 Å². The van der Waals surface area contributed by atoms with Crippen molar-refractivity contribution in [3.8, 4) is 11.3 Å². The standard InChI is InChI=1S/C24H25N5O2/c1-17(2)29-21-11-7-6-10-19(21)27-22(29)12-13-25-23(30)16-28-15-20(26-14-24(28)31)18-8-4-3-5-9-18/h3-11,14-15,17H,12-13,16H2,1-2H3,(H,25,30). The van der Waals surface area contributed by atoms with Gasteiger partial charge in [0.15, 0.2) is 0 Å². The maximum atomic E-state index is 12.5. The molecule has 0 saturated heterocycles. The molecule has 1 N–H and O–H groups in total. The van der Waals surface area contributed by atoms with Gasteiger partial charge in [-0.05, 0) is 26.0 Å². The highest BCUT2D eigenvalue weighted by Crippen LogP contribution is 2.21. The first kappa shape index (κ1) is 20.5. The second kappa shape index (κ2) is 8.95. The van der Waals surface area contributed by atoms with Crippen LogP contribution in [-0.4, -0.2) is 31.6 Å². The van der Waals surface area contributed by atoms with E-state index in [9.17, 15) is 9.59 Å². The molecule has 7 heteroatoms. The highest BCUT2D eigenvalue weighted by molar-refractivity contribution is 5.77. The summed E-state index contributed by atoms with van der Waals surface area (Å²) >= 11 is 0. The van der Waals surface area contributed by atoms with Crippen molar-refractivity contribution in [3.63, 3.8) is 0 Å². The number of nitrogens with one attached hydrogen (secondary N) is 1. The van der Waals surface area contributed by atoms with Gasteiger partial charge in [0, 0.05) is 30.8 Å². The van der Waals surface area contributed by atoms with Crippen LogP contribution in [0.2, 0.25) is 0 Å². The Morgan fingerprint density at radius 3 is 2.58 bits per heavy atom. The molecule has 0 unspecified atom stereocenters. The van der Waals surface area contributed by atoms with E-state index in [0.717, 1.165) is 22.4 Å². The number of hydrogen-bond donors (Lipinski definition) is 1. The molecular weight excluding hydrogens is 390 g/mol. The first-order valence-electron chi connectivity index (χ1n) is 10.4. The van der Waals surface area contributed by atoms with Gasteiger partial charge in [0.2, 0.25) is 5.91 Å². The number of hydrogen-bond acceptors (Lipinski definition) is 4. The van der Waals surface area contributed by atoms with E-state index in [0.29, 0.717) is 18.7 Å². The van der Waals surface area contributed by atoms with Gasteiger partial charge in [-0.3, -0.25) is 9.59 Å². The summed E-state index contributed by atoms with van der Waals surface area (Å²) in [5, 5.41) is 2.90. The Kier molecular flexibility index (Phi) is 5.93. The van der Waals surface area contributed by atoms with E-state index in [1.165, 1.54) is 10.8 Å². The van der Waals surface area contributed by atoms with E-state index in [2.05, 4.69) is 34.8 Å². The summed E-state index contributed by atoms with van der Waals surface area (Å²) in [6, 6.07) is 17.9. The van der Waals surface area contributed by atoms with Gasteiger partial charge < -0.3 is 14.5 Å². The molecule has 0 fully saturated rings. The molecule has 7 nitrogen and oxygen atoms in total. The van der Waals surface area contributed by atoms with Crippen molar-refractivity contribution in [2.24, 2.45) is 0 Å². The van der Waals surface area contributed by atoms with E-state index in [-0.39, 0.29) is 24.1 Å². The number of nitrogens with zero attached hydrogens (tertiary/aromatic N) is 4. The van der Waals surface area contributed by atoms with Crippen LogP contribution in [-0.2, 0) is 17.8 Å². The Labute approximate surface area is 180 Å². The lowest BCUT2D eigenvalue weighted by molar-refractivity contribution is -0.121. The zero-order valence-corrected chi connectivity index (χ0v) is 17.7. The summed E-state index contributed by atoms with van der Waals surface area (Å²) in [6.07, 6.45) is 3.48. The zero-order chi connectivity index (χ0) is 21.8. The van der Waals surface area contributed by atoms with Gasteiger partial charge in [-0.2, -0.15) is 0 Å². The number of carbonyl (C=O) groups is 1. The van der Waals surface area contributed by atoms with Gasteiger partial charge >= 0.3 is 0 Å². The molecule has 4 rings (SSSR count). The van der Waals surface area contributed by atoms with Crippen molar-refractivity contribution in [1.29, 1.82) is 0 Å². The number of rotatable bonds is 7. The summed E-state index contributed by atoms with van der Waals surface area (Å²) in [5.41, 5.74) is 3.28. The smallest absolute Gasteiger partial charge is 0.269 e. The molecule has 0 spiro atoms. The van der Waals surface area contributed by atoms with Gasteiger partial charge in [-0.25, -0.2) is 9.97 Å². The maximum absolute atomic E-state index is 12.5. The summed E-state index contributed by atoms with van der Waals surface area (Å²) in [4.78, 5) is 33.5. The monoisotopic (exact) mass is 415 g/mol. The molecule has 0 aliphatic rings. The average Bonchev–Trinajstić information content (AvgIpc) is 3.14. The largest absolute Gasteiger partial charge is 0.354 e. The normalized spacial score (nSPS) is 11.2. The third-order valence-electron chi connectivity index (χ3n) is 5.11. The minimum Gasteiger partial charge on any atom is -0.354 e. The Hall–Kier alpha value is -3.74. The van der Waals surface area contributed by atoms with E-state index < -0.39 is 0 Å². The summed E-state index contributed by atoms with van der Waals surface area (Å²) < 4.78 is 3.58. The van der Waals surface area contributed by atoms with E-state index in [1.54, 1.807) is 6.20 Å². The predicted octanol–water partition coefficient (Wildman–Crippen LogP) is 3.20. The topological polar surface area (TPSA) is 81.8 Å². The van der Waals surface area contributed by atoms with Crippen LogP contribution in [0.1, 0.15) is 25.7 Å². The second-order valence-corrected chi connectivity index (χ2v) is 7.69. The molecule has 0 aliphatic carbocycles. The Bertz CT molecular complexity index is 1260. The van der Waals surface area contributed by atoms with Crippen LogP contribution in [0.15, 0.2) is 71.8 Å². The molecule has 2 heterocycles. The van der Waals surface area contributed by atoms with Crippen molar-refractivity contribution >= 4 is 16.9 Å². The molecule has 0 aliphatic heterocycles. The molecule has 31 heavy (non-hydrogen) atoms.